The third kappa shape index (κ3) is 2.88. The molecule has 6 heteroatoms. The van der Waals surface area contributed by atoms with Crippen LogP contribution in [0.2, 0.25) is 5.02 Å². The van der Waals surface area contributed by atoms with Crippen LogP contribution in [0.5, 0.6) is 0 Å². The van der Waals surface area contributed by atoms with E-state index >= 15 is 0 Å². The van der Waals surface area contributed by atoms with Crippen LogP contribution < -0.4 is 10.6 Å². The number of hydrogen-bond donors (Lipinski definition) is 1. The normalized spacial score (nSPS) is 19.8. The van der Waals surface area contributed by atoms with Gasteiger partial charge in [-0.3, -0.25) is 14.7 Å². The highest BCUT2D eigenvalue weighted by Gasteiger charge is 2.40. The summed E-state index contributed by atoms with van der Waals surface area (Å²) in [4.78, 5) is 18.9. The molecular weight excluding hydrogens is 360 g/mol. The Morgan fingerprint density at radius 3 is 2.67 bits per heavy atom. The van der Waals surface area contributed by atoms with E-state index in [1.807, 2.05) is 23.1 Å². The molecule has 2 N–H and O–H groups in total. The zero-order valence-corrected chi connectivity index (χ0v) is 15.3. The van der Waals surface area contributed by atoms with E-state index in [4.69, 9.17) is 17.3 Å². The van der Waals surface area contributed by atoms with E-state index in [9.17, 15) is 10.1 Å². The van der Waals surface area contributed by atoms with Crippen molar-refractivity contribution >= 4 is 23.1 Å². The lowest BCUT2D eigenvalue weighted by atomic mass is 9.76. The van der Waals surface area contributed by atoms with Gasteiger partial charge in [0.2, 0.25) is 0 Å². The molecule has 0 amide bonds. The van der Waals surface area contributed by atoms with Gasteiger partial charge >= 0.3 is 0 Å². The first-order valence-corrected chi connectivity index (χ1v) is 9.11. The first-order chi connectivity index (χ1) is 13.1. The van der Waals surface area contributed by atoms with Crippen LogP contribution in [0.4, 0.5) is 5.69 Å². The summed E-state index contributed by atoms with van der Waals surface area (Å²) >= 11 is 6.02. The molecule has 0 bridgehead atoms. The van der Waals surface area contributed by atoms with E-state index < -0.39 is 5.92 Å². The summed E-state index contributed by atoms with van der Waals surface area (Å²) < 4.78 is 0. The maximum Gasteiger partial charge on any atom is 0.161 e. The average molecular weight is 377 g/mol. The van der Waals surface area contributed by atoms with Crippen molar-refractivity contribution in [3.05, 3.63) is 82.0 Å². The number of nitrogens with two attached hydrogens (primary N) is 1. The molecule has 1 atom stereocenters. The number of halogens is 1. The topological polar surface area (TPSA) is 83.0 Å². The molecule has 4 rings (SSSR count). The Morgan fingerprint density at radius 1 is 1.22 bits per heavy atom. The highest BCUT2D eigenvalue weighted by molar-refractivity contribution is 6.30. The summed E-state index contributed by atoms with van der Waals surface area (Å²) in [6, 6.07) is 13.2. The Kier molecular flexibility index (Phi) is 4.43. The lowest BCUT2D eigenvalue weighted by Gasteiger charge is -2.39. The van der Waals surface area contributed by atoms with Crippen LogP contribution in [-0.4, -0.2) is 10.8 Å². The van der Waals surface area contributed by atoms with Gasteiger partial charge in [0.05, 0.1) is 17.6 Å². The minimum Gasteiger partial charge on any atom is -0.384 e. The maximum absolute atomic E-state index is 12.9. The van der Waals surface area contributed by atoms with Gasteiger partial charge < -0.3 is 5.73 Å². The molecule has 1 aliphatic heterocycles. The van der Waals surface area contributed by atoms with Crippen LogP contribution in [0.1, 0.15) is 30.7 Å². The number of allylic oxidation sites excluding steroid dienone is 3. The van der Waals surface area contributed by atoms with Crippen LogP contribution in [0.3, 0.4) is 0 Å². The van der Waals surface area contributed by atoms with Crippen LogP contribution in [0, 0.1) is 11.3 Å². The number of ketones is 1. The second-order valence-electron chi connectivity index (χ2n) is 6.58. The molecule has 1 aromatic heterocycles. The van der Waals surface area contributed by atoms with Crippen molar-refractivity contribution in [2.45, 2.75) is 25.2 Å². The van der Waals surface area contributed by atoms with Crippen molar-refractivity contribution in [1.29, 1.82) is 5.26 Å². The van der Waals surface area contributed by atoms with Gasteiger partial charge in [-0.25, -0.2) is 0 Å². The number of aromatic nitrogens is 1. The van der Waals surface area contributed by atoms with Crippen molar-refractivity contribution in [1.82, 2.24) is 4.98 Å². The number of nitrogens with zero attached hydrogens (tertiary/aromatic N) is 3. The lowest BCUT2D eigenvalue weighted by molar-refractivity contribution is -0.116. The molecule has 27 heavy (non-hydrogen) atoms. The number of Topliss-reactive ketones (excluding diaryl/α,β-unsaturated/α-hetero) is 1. The first kappa shape index (κ1) is 17.3. The molecule has 0 unspecified atom stereocenters. The number of carbonyl (C=O) groups is 1. The molecule has 1 aliphatic carbocycles. The minimum atomic E-state index is -0.477. The van der Waals surface area contributed by atoms with E-state index in [1.165, 1.54) is 0 Å². The molecule has 0 saturated heterocycles. The fourth-order valence-corrected chi connectivity index (χ4v) is 3.98. The van der Waals surface area contributed by atoms with Crippen molar-refractivity contribution < 1.29 is 4.79 Å². The fourth-order valence-electron chi connectivity index (χ4n) is 3.85. The molecule has 2 heterocycles. The molecule has 0 saturated carbocycles. The number of pyridine rings is 1. The smallest absolute Gasteiger partial charge is 0.161 e. The second-order valence-corrected chi connectivity index (χ2v) is 7.02. The van der Waals surface area contributed by atoms with E-state index in [-0.39, 0.29) is 5.78 Å². The predicted molar refractivity (Wildman–Crippen MR) is 104 cm³/mol. The van der Waals surface area contributed by atoms with Crippen LogP contribution in [0.15, 0.2) is 71.5 Å². The minimum absolute atomic E-state index is 0.0596. The van der Waals surface area contributed by atoms with E-state index in [0.29, 0.717) is 28.4 Å². The van der Waals surface area contributed by atoms with Gasteiger partial charge in [0, 0.05) is 40.8 Å². The Labute approximate surface area is 162 Å². The number of benzene rings is 1. The number of anilines is 1. The maximum atomic E-state index is 12.9. The Morgan fingerprint density at radius 2 is 2.00 bits per heavy atom. The summed E-state index contributed by atoms with van der Waals surface area (Å²) in [5.41, 5.74) is 9.93. The van der Waals surface area contributed by atoms with Gasteiger partial charge in [-0.15, -0.1) is 0 Å². The number of rotatable bonds is 2. The molecule has 1 aromatic carbocycles. The highest BCUT2D eigenvalue weighted by Crippen LogP contribution is 2.46. The molecule has 0 fully saturated rings. The molecule has 2 aromatic rings. The molecule has 134 valence electrons. The molecule has 0 radical (unpaired) electrons. The Hall–Kier alpha value is -3.10. The van der Waals surface area contributed by atoms with E-state index in [2.05, 4.69) is 11.1 Å². The summed E-state index contributed by atoms with van der Waals surface area (Å²) in [5.74, 6) is -0.0681. The molecule has 0 spiro atoms. The highest BCUT2D eigenvalue weighted by atomic mass is 35.5. The third-order valence-electron chi connectivity index (χ3n) is 5.02. The zero-order chi connectivity index (χ0) is 19.0. The zero-order valence-electron chi connectivity index (χ0n) is 14.5. The van der Waals surface area contributed by atoms with Crippen LogP contribution >= 0.6 is 11.6 Å². The Balaban J connectivity index is 1.96. The van der Waals surface area contributed by atoms with Gasteiger partial charge in [-0.05, 0) is 48.7 Å². The van der Waals surface area contributed by atoms with Crippen LogP contribution in [0.25, 0.3) is 0 Å². The lowest BCUT2D eigenvalue weighted by Crippen LogP contribution is -2.38. The average Bonchev–Trinajstić information content (AvgIpc) is 2.69. The number of nitriles is 1. The summed E-state index contributed by atoms with van der Waals surface area (Å²) in [7, 11) is 0. The van der Waals surface area contributed by atoms with Gasteiger partial charge in [-0.1, -0.05) is 17.7 Å². The fraction of sp³-hybridized carbons (Fsp3) is 0.190. The summed E-state index contributed by atoms with van der Waals surface area (Å²) in [6.45, 7) is 0. The van der Waals surface area contributed by atoms with Gasteiger partial charge in [0.25, 0.3) is 0 Å². The first-order valence-electron chi connectivity index (χ1n) is 8.73. The van der Waals surface area contributed by atoms with E-state index in [1.54, 1.807) is 30.6 Å². The molecule has 2 aliphatic rings. The second kappa shape index (κ2) is 6.90. The van der Waals surface area contributed by atoms with Gasteiger partial charge in [-0.2, -0.15) is 5.26 Å². The molecular formula is C21H17ClN4O. The van der Waals surface area contributed by atoms with Crippen molar-refractivity contribution in [2.75, 3.05) is 4.90 Å². The SMILES string of the molecule is N#CC1=C(N)N(c2ccc(Cl)cc2)C2=C(C(=O)CCC2)[C@@H]1c1cccnc1. The van der Waals surface area contributed by atoms with Crippen molar-refractivity contribution in [3.8, 4) is 6.07 Å². The molecule has 5 nitrogen and oxygen atoms in total. The van der Waals surface area contributed by atoms with Gasteiger partial charge in [0.1, 0.15) is 5.82 Å². The summed E-state index contributed by atoms with van der Waals surface area (Å²) in [6.07, 6.45) is 5.32. The van der Waals surface area contributed by atoms with Crippen molar-refractivity contribution in [2.24, 2.45) is 5.73 Å². The third-order valence-corrected chi connectivity index (χ3v) is 5.27. The standard InChI is InChI=1S/C21H17ClN4O/c22-14-6-8-15(9-7-14)26-17-4-1-5-18(27)20(17)19(16(11-23)21(26)24)13-3-2-10-25-12-13/h2-3,6-10,12,19H,1,4-5,24H2/t19-/m1/s1. The number of hydrogen-bond acceptors (Lipinski definition) is 5. The predicted octanol–water partition coefficient (Wildman–Crippen LogP) is 4.04. The van der Waals surface area contributed by atoms with Crippen LogP contribution in [-0.2, 0) is 4.79 Å². The van der Waals surface area contributed by atoms with E-state index in [0.717, 1.165) is 29.8 Å². The Bertz CT molecular complexity index is 1000. The quantitative estimate of drug-likeness (QED) is 0.855. The largest absolute Gasteiger partial charge is 0.384 e. The van der Waals surface area contributed by atoms with Crippen molar-refractivity contribution in [3.63, 3.8) is 0 Å². The summed E-state index contributed by atoms with van der Waals surface area (Å²) in [5, 5.41) is 10.5. The number of carbonyl (C=O) groups excluding carboxylic acids is 1. The monoisotopic (exact) mass is 376 g/mol. The van der Waals surface area contributed by atoms with Gasteiger partial charge in [0.15, 0.2) is 5.78 Å².